The van der Waals surface area contributed by atoms with Crippen LogP contribution in [-0.4, -0.2) is 35.0 Å². The number of ether oxygens (including phenoxy) is 2. The third-order valence-corrected chi connectivity index (χ3v) is 5.46. The first kappa shape index (κ1) is 20.9. The number of para-hydroxylation sites is 2. The highest BCUT2D eigenvalue weighted by atomic mass is 16.5. The lowest BCUT2D eigenvalue weighted by atomic mass is 10.1. The minimum Gasteiger partial charge on any atom is -0.494 e. The number of aliphatic carboxylic acids is 1. The number of nitrogens with zero attached hydrogens (tertiary/aromatic N) is 1. The molecule has 3 aromatic carbocycles. The maximum absolute atomic E-state index is 11.2. The standard InChI is InChI=1S/C26H27NO4/c1-2-30-25(26(28)29)18-19-12-14-20(15-13-19)31-17-7-16-27-23-10-5-3-8-21(23)22-9-4-6-11-24(22)27/h3-6,8-15,25H,2,7,16-18H2,1H3,(H,28,29). The fourth-order valence-electron chi connectivity index (χ4n) is 4.01. The van der Waals surface area contributed by atoms with Gasteiger partial charge in [-0.05, 0) is 43.2 Å². The smallest absolute Gasteiger partial charge is 0.333 e. The van der Waals surface area contributed by atoms with Crippen molar-refractivity contribution in [3.05, 3.63) is 78.4 Å². The third kappa shape index (κ3) is 4.72. The van der Waals surface area contributed by atoms with E-state index in [1.807, 2.05) is 24.3 Å². The van der Waals surface area contributed by atoms with Crippen LogP contribution in [-0.2, 0) is 22.5 Å². The molecule has 0 aliphatic carbocycles. The Balaban J connectivity index is 1.36. The van der Waals surface area contributed by atoms with Gasteiger partial charge in [0.1, 0.15) is 5.75 Å². The summed E-state index contributed by atoms with van der Waals surface area (Å²) in [6.07, 6.45) is 0.413. The average molecular weight is 418 g/mol. The van der Waals surface area contributed by atoms with E-state index in [4.69, 9.17) is 9.47 Å². The molecule has 0 bridgehead atoms. The van der Waals surface area contributed by atoms with Crippen LogP contribution in [0.4, 0.5) is 0 Å². The molecule has 1 unspecified atom stereocenters. The first-order chi connectivity index (χ1) is 15.2. The Morgan fingerprint density at radius 1 is 0.935 bits per heavy atom. The molecule has 0 fully saturated rings. The highest BCUT2D eigenvalue weighted by Gasteiger charge is 2.17. The molecule has 0 saturated carbocycles. The zero-order chi connectivity index (χ0) is 21.6. The molecule has 0 radical (unpaired) electrons. The van der Waals surface area contributed by atoms with Crippen LogP contribution in [0, 0.1) is 0 Å². The first-order valence-corrected chi connectivity index (χ1v) is 10.7. The third-order valence-electron chi connectivity index (χ3n) is 5.46. The maximum atomic E-state index is 11.2. The van der Waals surface area contributed by atoms with Crippen LogP contribution < -0.4 is 4.74 Å². The van der Waals surface area contributed by atoms with Gasteiger partial charge in [-0.3, -0.25) is 0 Å². The van der Waals surface area contributed by atoms with Crippen LogP contribution in [0.25, 0.3) is 21.8 Å². The number of carboxylic acid groups (broad SMARTS) is 1. The summed E-state index contributed by atoms with van der Waals surface area (Å²) in [7, 11) is 0. The molecule has 0 amide bonds. The van der Waals surface area contributed by atoms with Crippen LogP contribution in [0.2, 0.25) is 0 Å². The Labute approximate surface area is 181 Å². The van der Waals surface area contributed by atoms with Crippen molar-refractivity contribution in [2.75, 3.05) is 13.2 Å². The van der Waals surface area contributed by atoms with Crippen LogP contribution in [0.1, 0.15) is 18.9 Å². The SMILES string of the molecule is CCOC(Cc1ccc(OCCCn2c3ccccc3c3ccccc32)cc1)C(=O)O. The van der Waals surface area contributed by atoms with E-state index in [-0.39, 0.29) is 0 Å². The zero-order valence-corrected chi connectivity index (χ0v) is 17.7. The number of benzene rings is 3. The number of carboxylic acids is 1. The van der Waals surface area contributed by atoms with Crippen molar-refractivity contribution >= 4 is 27.8 Å². The van der Waals surface area contributed by atoms with E-state index in [0.717, 1.165) is 24.3 Å². The van der Waals surface area contributed by atoms with Crippen molar-refractivity contribution in [3.8, 4) is 5.75 Å². The number of rotatable bonds is 10. The van der Waals surface area contributed by atoms with Gasteiger partial charge in [0, 0.05) is 41.4 Å². The number of hydrogen-bond donors (Lipinski definition) is 1. The van der Waals surface area contributed by atoms with Gasteiger partial charge < -0.3 is 19.1 Å². The van der Waals surface area contributed by atoms with E-state index in [2.05, 4.69) is 53.1 Å². The van der Waals surface area contributed by atoms with Gasteiger partial charge in [-0.1, -0.05) is 48.5 Å². The molecule has 5 nitrogen and oxygen atoms in total. The van der Waals surface area contributed by atoms with E-state index in [9.17, 15) is 9.90 Å². The van der Waals surface area contributed by atoms with Gasteiger partial charge in [-0.2, -0.15) is 0 Å². The first-order valence-electron chi connectivity index (χ1n) is 10.7. The molecule has 1 aromatic heterocycles. The Kier molecular flexibility index (Phi) is 6.53. The molecule has 160 valence electrons. The van der Waals surface area contributed by atoms with Gasteiger partial charge in [0.2, 0.25) is 0 Å². The summed E-state index contributed by atoms with van der Waals surface area (Å²) in [6, 6.07) is 24.6. The van der Waals surface area contributed by atoms with Crippen LogP contribution in [0.3, 0.4) is 0 Å². The predicted octanol–water partition coefficient (Wildman–Crippen LogP) is 5.30. The Bertz CT molecular complexity index is 1110. The second-order valence-electron chi connectivity index (χ2n) is 7.52. The lowest BCUT2D eigenvalue weighted by Gasteiger charge is -2.13. The summed E-state index contributed by atoms with van der Waals surface area (Å²) in [5.41, 5.74) is 3.41. The van der Waals surface area contributed by atoms with E-state index < -0.39 is 12.1 Å². The number of hydrogen-bond acceptors (Lipinski definition) is 3. The van der Waals surface area contributed by atoms with Crippen LogP contribution in [0.5, 0.6) is 5.75 Å². The summed E-state index contributed by atoms with van der Waals surface area (Å²) in [5.74, 6) is -0.151. The van der Waals surface area contributed by atoms with E-state index in [0.29, 0.717) is 19.6 Å². The molecule has 31 heavy (non-hydrogen) atoms. The van der Waals surface area contributed by atoms with Gasteiger partial charge >= 0.3 is 5.97 Å². The monoisotopic (exact) mass is 417 g/mol. The topological polar surface area (TPSA) is 60.7 Å². The lowest BCUT2D eigenvalue weighted by molar-refractivity contribution is -0.149. The van der Waals surface area contributed by atoms with Gasteiger partial charge in [0.25, 0.3) is 0 Å². The van der Waals surface area contributed by atoms with Gasteiger partial charge in [0.15, 0.2) is 6.10 Å². The molecule has 4 aromatic rings. The van der Waals surface area contributed by atoms with Crippen molar-refractivity contribution in [2.24, 2.45) is 0 Å². The van der Waals surface area contributed by atoms with Gasteiger partial charge in [-0.15, -0.1) is 0 Å². The molecule has 5 heteroatoms. The molecule has 4 rings (SSSR count). The number of aryl methyl sites for hydroxylation is 1. The van der Waals surface area contributed by atoms with E-state index >= 15 is 0 Å². The molecule has 1 N–H and O–H groups in total. The number of fused-ring (bicyclic) bond motifs is 3. The van der Waals surface area contributed by atoms with Gasteiger partial charge in [0.05, 0.1) is 6.61 Å². The summed E-state index contributed by atoms with van der Waals surface area (Å²) in [5, 5.41) is 11.8. The average Bonchev–Trinajstić information content (AvgIpc) is 3.11. The minimum atomic E-state index is -0.938. The molecule has 0 saturated heterocycles. The summed E-state index contributed by atoms with van der Waals surface area (Å²) in [4.78, 5) is 11.2. The minimum absolute atomic E-state index is 0.344. The van der Waals surface area contributed by atoms with Crippen LogP contribution >= 0.6 is 0 Å². The largest absolute Gasteiger partial charge is 0.494 e. The Morgan fingerprint density at radius 3 is 2.13 bits per heavy atom. The second-order valence-corrected chi connectivity index (χ2v) is 7.52. The van der Waals surface area contributed by atoms with Crippen molar-refractivity contribution in [2.45, 2.75) is 32.4 Å². The van der Waals surface area contributed by atoms with Crippen LogP contribution in [0.15, 0.2) is 72.8 Å². The zero-order valence-electron chi connectivity index (χ0n) is 17.7. The highest BCUT2D eigenvalue weighted by molar-refractivity contribution is 6.07. The molecule has 1 atom stereocenters. The Morgan fingerprint density at radius 2 is 1.55 bits per heavy atom. The quantitative estimate of drug-likeness (QED) is 0.356. The van der Waals surface area contributed by atoms with Crippen molar-refractivity contribution in [3.63, 3.8) is 0 Å². The summed E-state index contributed by atoms with van der Waals surface area (Å²) < 4.78 is 13.6. The lowest BCUT2D eigenvalue weighted by Crippen LogP contribution is -2.26. The fraction of sp³-hybridized carbons (Fsp3) is 0.269. The molecule has 1 heterocycles. The highest BCUT2D eigenvalue weighted by Crippen LogP contribution is 2.28. The summed E-state index contributed by atoms with van der Waals surface area (Å²) >= 11 is 0. The normalized spacial score (nSPS) is 12.3. The Hall–Kier alpha value is -3.31. The molecule has 0 aliphatic rings. The fourth-order valence-corrected chi connectivity index (χ4v) is 4.01. The van der Waals surface area contributed by atoms with E-state index in [1.165, 1.54) is 21.8 Å². The number of carbonyl (C=O) groups is 1. The van der Waals surface area contributed by atoms with E-state index in [1.54, 1.807) is 6.92 Å². The second kappa shape index (κ2) is 9.67. The molecule has 0 spiro atoms. The van der Waals surface area contributed by atoms with Crippen molar-refractivity contribution < 1.29 is 19.4 Å². The number of aromatic nitrogens is 1. The van der Waals surface area contributed by atoms with Gasteiger partial charge in [-0.25, -0.2) is 4.79 Å². The van der Waals surface area contributed by atoms with Crippen molar-refractivity contribution in [1.29, 1.82) is 0 Å². The maximum Gasteiger partial charge on any atom is 0.333 e. The molecular weight excluding hydrogens is 390 g/mol. The molecule has 0 aliphatic heterocycles. The van der Waals surface area contributed by atoms with Crippen molar-refractivity contribution in [1.82, 2.24) is 4.57 Å². The summed E-state index contributed by atoms with van der Waals surface area (Å²) in [6.45, 7) is 3.66. The molecular formula is C26H27NO4. The predicted molar refractivity (Wildman–Crippen MR) is 123 cm³/mol.